The molecule has 1 aliphatic heterocycles. The normalized spacial score (nSPS) is 27.6. The Bertz CT molecular complexity index is 475. The first kappa shape index (κ1) is 10.3. The van der Waals surface area contributed by atoms with Crippen LogP contribution in [0.1, 0.15) is 19.3 Å². The van der Waals surface area contributed by atoms with Crippen LogP contribution in [0.2, 0.25) is 0 Å². The number of phenolic OH excluding ortho intramolecular Hbond substituents is 1. The van der Waals surface area contributed by atoms with Gasteiger partial charge in [0.2, 0.25) is 11.8 Å². The molecule has 1 aromatic carbocycles. The zero-order chi connectivity index (χ0) is 12.0. The molecule has 0 aromatic heterocycles. The Morgan fingerprint density at radius 2 is 1.76 bits per heavy atom. The molecule has 2 atom stereocenters. The van der Waals surface area contributed by atoms with E-state index in [0.717, 1.165) is 12.8 Å². The summed E-state index contributed by atoms with van der Waals surface area (Å²) in [5.74, 6) is -0.190. The first-order valence-corrected chi connectivity index (χ1v) is 5.83. The van der Waals surface area contributed by atoms with Gasteiger partial charge in [0.05, 0.1) is 5.69 Å². The Kier molecular flexibility index (Phi) is 2.18. The molecule has 1 aliphatic carbocycles. The van der Waals surface area contributed by atoms with Crippen molar-refractivity contribution >= 4 is 17.5 Å². The van der Waals surface area contributed by atoms with Crippen molar-refractivity contribution in [3.05, 3.63) is 24.3 Å². The molecule has 1 N–H and O–H groups in total. The first-order valence-electron chi connectivity index (χ1n) is 5.83. The summed E-state index contributed by atoms with van der Waals surface area (Å²) in [6.07, 6.45) is 2.32. The first-order chi connectivity index (χ1) is 8.16. The summed E-state index contributed by atoms with van der Waals surface area (Å²) < 4.78 is 0. The van der Waals surface area contributed by atoms with Gasteiger partial charge in [0, 0.05) is 17.9 Å². The summed E-state index contributed by atoms with van der Waals surface area (Å²) in [5, 5.41) is 9.41. The lowest BCUT2D eigenvalue weighted by Gasteiger charge is -2.29. The number of anilines is 1. The fourth-order valence-corrected chi connectivity index (χ4v) is 2.79. The van der Waals surface area contributed by atoms with Crippen molar-refractivity contribution in [1.29, 1.82) is 0 Å². The van der Waals surface area contributed by atoms with Crippen LogP contribution in [-0.2, 0) is 9.59 Å². The number of piperidine rings is 1. The van der Waals surface area contributed by atoms with Crippen LogP contribution in [0.25, 0.3) is 0 Å². The van der Waals surface area contributed by atoms with Crippen molar-refractivity contribution < 1.29 is 14.7 Å². The maximum Gasteiger partial charge on any atom is 0.236 e. The standard InChI is InChI=1S/C13H13NO3/c15-11-3-1-2-10(7-11)14-12(16)8-4-5-9(6-8)13(14)17/h1-3,7-9,15H,4-6H2. The van der Waals surface area contributed by atoms with Gasteiger partial charge in [-0.3, -0.25) is 9.59 Å². The number of hydrogen-bond donors (Lipinski definition) is 1. The van der Waals surface area contributed by atoms with Crippen molar-refractivity contribution in [2.24, 2.45) is 11.8 Å². The van der Waals surface area contributed by atoms with Crippen LogP contribution in [0.5, 0.6) is 5.75 Å². The Hall–Kier alpha value is -1.84. The van der Waals surface area contributed by atoms with E-state index in [4.69, 9.17) is 0 Å². The molecule has 4 heteroatoms. The summed E-state index contributed by atoms with van der Waals surface area (Å²) in [6, 6.07) is 6.31. The smallest absolute Gasteiger partial charge is 0.236 e. The second-order valence-corrected chi connectivity index (χ2v) is 4.74. The number of imide groups is 1. The summed E-state index contributed by atoms with van der Waals surface area (Å²) in [4.78, 5) is 25.5. The number of amides is 2. The highest BCUT2D eigenvalue weighted by molar-refractivity contribution is 6.18. The lowest BCUT2D eigenvalue weighted by molar-refractivity contribution is -0.132. The van der Waals surface area contributed by atoms with Crippen LogP contribution >= 0.6 is 0 Å². The van der Waals surface area contributed by atoms with Crippen molar-refractivity contribution in [2.75, 3.05) is 4.90 Å². The number of fused-ring (bicyclic) bond motifs is 2. The molecule has 17 heavy (non-hydrogen) atoms. The molecule has 1 saturated carbocycles. The van der Waals surface area contributed by atoms with Crippen LogP contribution in [-0.4, -0.2) is 16.9 Å². The van der Waals surface area contributed by atoms with Gasteiger partial charge in [0.25, 0.3) is 0 Å². The van der Waals surface area contributed by atoms with E-state index in [2.05, 4.69) is 0 Å². The molecule has 2 bridgehead atoms. The third-order valence-electron chi connectivity index (χ3n) is 3.66. The number of benzene rings is 1. The number of aromatic hydroxyl groups is 1. The van der Waals surface area contributed by atoms with E-state index < -0.39 is 0 Å². The maximum absolute atomic E-state index is 12.1. The van der Waals surface area contributed by atoms with Gasteiger partial charge in [0.15, 0.2) is 0 Å². The van der Waals surface area contributed by atoms with Crippen LogP contribution in [0.3, 0.4) is 0 Å². The number of carbonyl (C=O) groups excluding carboxylic acids is 2. The van der Waals surface area contributed by atoms with Gasteiger partial charge in [-0.15, -0.1) is 0 Å². The Morgan fingerprint density at radius 1 is 1.12 bits per heavy atom. The predicted molar refractivity (Wildman–Crippen MR) is 61.4 cm³/mol. The van der Waals surface area contributed by atoms with Gasteiger partial charge >= 0.3 is 0 Å². The van der Waals surface area contributed by atoms with Gasteiger partial charge in [-0.05, 0) is 31.4 Å². The fraction of sp³-hybridized carbons (Fsp3) is 0.385. The molecule has 2 amide bonds. The lowest BCUT2D eigenvalue weighted by atomic mass is 9.96. The van der Waals surface area contributed by atoms with Crippen molar-refractivity contribution in [3.8, 4) is 5.75 Å². The van der Waals surface area contributed by atoms with E-state index in [0.29, 0.717) is 12.1 Å². The summed E-state index contributed by atoms with van der Waals surface area (Å²) in [7, 11) is 0. The van der Waals surface area contributed by atoms with Crippen LogP contribution < -0.4 is 4.90 Å². The van der Waals surface area contributed by atoms with E-state index in [1.54, 1.807) is 12.1 Å². The molecular formula is C13H13NO3. The molecule has 4 nitrogen and oxygen atoms in total. The van der Waals surface area contributed by atoms with Crippen LogP contribution in [0.4, 0.5) is 5.69 Å². The number of phenols is 1. The van der Waals surface area contributed by atoms with Crippen molar-refractivity contribution in [1.82, 2.24) is 0 Å². The molecule has 2 fully saturated rings. The second kappa shape index (κ2) is 3.58. The van der Waals surface area contributed by atoms with Crippen LogP contribution in [0.15, 0.2) is 24.3 Å². The zero-order valence-electron chi connectivity index (χ0n) is 9.30. The van der Waals surface area contributed by atoms with E-state index >= 15 is 0 Å². The maximum atomic E-state index is 12.1. The molecule has 1 aromatic rings. The van der Waals surface area contributed by atoms with Gasteiger partial charge in [-0.2, -0.15) is 0 Å². The Balaban J connectivity index is 2.02. The minimum atomic E-state index is -0.116. The number of nitrogens with zero attached hydrogens (tertiary/aromatic N) is 1. The average molecular weight is 231 g/mol. The van der Waals surface area contributed by atoms with E-state index in [1.807, 2.05) is 0 Å². The zero-order valence-corrected chi connectivity index (χ0v) is 9.30. The van der Waals surface area contributed by atoms with Gasteiger partial charge in [-0.1, -0.05) is 6.07 Å². The molecular weight excluding hydrogens is 218 g/mol. The molecule has 0 radical (unpaired) electrons. The molecule has 2 unspecified atom stereocenters. The molecule has 3 rings (SSSR count). The number of hydrogen-bond acceptors (Lipinski definition) is 3. The third kappa shape index (κ3) is 1.52. The number of carbonyl (C=O) groups is 2. The summed E-state index contributed by atoms with van der Waals surface area (Å²) in [5.41, 5.74) is 0.483. The monoisotopic (exact) mass is 231 g/mol. The molecule has 0 spiro atoms. The second-order valence-electron chi connectivity index (χ2n) is 4.74. The summed E-state index contributed by atoms with van der Waals surface area (Å²) in [6.45, 7) is 0. The molecule has 1 saturated heterocycles. The molecule has 1 heterocycles. The highest BCUT2D eigenvalue weighted by atomic mass is 16.3. The van der Waals surface area contributed by atoms with E-state index in [1.165, 1.54) is 17.0 Å². The summed E-state index contributed by atoms with van der Waals surface area (Å²) >= 11 is 0. The quantitative estimate of drug-likeness (QED) is 0.748. The fourth-order valence-electron chi connectivity index (χ4n) is 2.79. The SMILES string of the molecule is O=C1C2CCC(C2)C(=O)N1c1cccc(O)c1. The highest BCUT2D eigenvalue weighted by Crippen LogP contribution is 2.40. The molecule has 88 valence electrons. The Morgan fingerprint density at radius 3 is 2.35 bits per heavy atom. The van der Waals surface area contributed by atoms with Crippen molar-refractivity contribution in [3.63, 3.8) is 0 Å². The van der Waals surface area contributed by atoms with Gasteiger partial charge < -0.3 is 5.11 Å². The minimum Gasteiger partial charge on any atom is -0.508 e. The molecule has 2 aliphatic rings. The minimum absolute atomic E-state index is 0.0138. The topological polar surface area (TPSA) is 57.6 Å². The largest absolute Gasteiger partial charge is 0.508 e. The third-order valence-corrected chi connectivity index (χ3v) is 3.66. The predicted octanol–water partition coefficient (Wildman–Crippen LogP) is 1.68. The van der Waals surface area contributed by atoms with Crippen LogP contribution in [0, 0.1) is 11.8 Å². The Labute approximate surface area is 98.9 Å². The highest BCUT2D eigenvalue weighted by Gasteiger charge is 2.45. The van der Waals surface area contributed by atoms with Gasteiger partial charge in [-0.25, -0.2) is 4.90 Å². The lowest BCUT2D eigenvalue weighted by Crippen LogP contribution is -2.46. The average Bonchev–Trinajstić information content (AvgIpc) is 2.74. The number of rotatable bonds is 1. The van der Waals surface area contributed by atoms with Gasteiger partial charge in [0.1, 0.15) is 5.75 Å². The van der Waals surface area contributed by atoms with Crippen molar-refractivity contribution in [2.45, 2.75) is 19.3 Å². The van der Waals surface area contributed by atoms with E-state index in [9.17, 15) is 14.7 Å². The van der Waals surface area contributed by atoms with E-state index in [-0.39, 0.29) is 29.4 Å².